The Morgan fingerprint density at radius 2 is 1.87 bits per heavy atom. The lowest BCUT2D eigenvalue weighted by Gasteiger charge is -2.40. The number of halogens is 2. The Morgan fingerprint density at radius 3 is 2.47 bits per heavy atom. The third kappa shape index (κ3) is 6.52. The van der Waals surface area contributed by atoms with Crippen molar-refractivity contribution in [3.05, 3.63) is 52.0 Å². The van der Waals surface area contributed by atoms with E-state index < -0.39 is 34.4 Å². The van der Waals surface area contributed by atoms with E-state index in [-0.39, 0.29) is 18.3 Å². The summed E-state index contributed by atoms with van der Waals surface area (Å²) in [6.45, 7) is 11.7. The third-order valence-electron chi connectivity index (χ3n) is 7.64. The molecule has 1 N–H and O–H groups in total. The second kappa shape index (κ2) is 11.3. The van der Waals surface area contributed by atoms with Gasteiger partial charge in [-0.1, -0.05) is 43.1 Å². The first kappa shape index (κ1) is 30.0. The van der Waals surface area contributed by atoms with Crippen molar-refractivity contribution in [1.82, 2.24) is 14.9 Å². The summed E-state index contributed by atoms with van der Waals surface area (Å²) in [4.78, 5) is 43.6. The van der Waals surface area contributed by atoms with Gasteiger partial charge in [0, 0.05) is 25.1 Å². The van der Waals surface area contributed by atoms with Crippen LogP contribution in [0.15, 0.2) is 30.7 Å². The van der Waals surface area contributed by atoms with E-state index in [1.165, 1.54) is 7.11 Å². The second-order valence-electron chi connectivity index (χ2n) is 11.7. The fraction of sp³-hybridized carbons (Fsp3) is 0.571. The van der Waals surface area contributed by atoms with Crippen LogP contribution in [0.5, 0.6) is 0 Å². The first-order valence-electron chi connectivity index (χ1n) is 12.6. The number of rotatable bonds is 8. The Labute approximate surface area is 234 Å². The fourth-order valence-corrected chi connectivity index (χ4v) is 5.30. The van der Waals surface area contributed by atoms with E-state index in [9.17, 15) is 14.4 Å². The van der Waals surface area contributed by atoms with Gasteiger partial charge in [-0.15, -0.1) is 0 Å². The second-order valence-corrected chi connectivity index (χ2v) is 12.5. The van der Waals surface area contributed by atoms with Gasteiger partial charge in [0.2, 0.25) is 5.91 Å². The van der Waals surface area contributed by atoms with Crippen LogP contribution >= 0.6 is 23.2 Å². The van der Waals surface area contributed by atoms with Crippen molar-refractivity contribution >= 4 is 41.0 Å². The molecule has 0 spiro atoms. The minimum atomic E-state index is -0.926. The van der Waals surface area contributed by atoms with Crippen LogP contribution in [0, 0.1) is 16.7 Å². The molecule has 1 saturated carbocycles. The summed E-state index contributed by atoms with van der Waals surface area (Å²) in [5.41, 5.74) is -0.605. The normalized spacial score (nSPS) is 21.6. The predicted molar refractivity (Wildman–Crippen MR) is 146 cm³/mol. The van der Waals surface area contributed by atoms with Crippen LogP contribution in [0.2, 0.25) is 10.0 Å². The van der Waals surface area contributed by atoms with Crippen LogP contribution in [0.25, 0.3) is 0 Å². The van der Waals surface area contributed by atoms with E-state index in [1.807, 2.05) is 58.4 Å². The number of amides is 1. The highest BCUT2D eigenvalue weighted by atomic mass is 35.5. The lowest BCUT2D eigenvalue weighted by atomic mass is 9.65. The molecule has 0 bridgehead atoms. The molecule has 0 radical (unpaired) electrons. The number of methoxy groups -OCH3 is 1. The van der Waals surface area contributed by atoms with Gasteiger partial charge in [0.05, 0.1) is 34.6 Å². The smallest absolute Gasteiger partial charge is 0.328 e. The van der Waals surface area contributed by atoms with Crippen LogP contribution in [0.3, 0.4) is 0 Å². The maximum Gasteiger partial charge on any atom is 0.328 e. The number of aromatic nitrogens is 2. The molecule has 1 amide bonds. The number of imidazole rings is 1. The van der Waals surface area contributed by atoms with Gasteiger partial charge in [0.1, 0.15) is 11.6 Å². The van der Waals surface area contributed by atoms with Crippen molar-refractivity contribution in [3.8, 4) is 0 Å². The summed E-state index contributed by atoms with van der Waals surface area (Å²) in [6.07, 6.45) is 4.63. The van der Waals surface area contributed by atoms with Crippen molar-refractivity contribution in [2.45, 2.75) is 79.0 Å². The molecule has 1 aliphatic carbocycles. The molecule has 10 heteroatoms. The van der Waals surface area contributed by atoms with Crippen molar-refractivity contribution < 1.29 is 23.9 Å². The molecule has 0 saturated heterocycles. The van der Waals surface area contributed by atoms with Crippen molar-refractivity contribution in [3.63, 3.8) is 0 Å². The van der Waals surface area contributed by atoms with Gasteiger partial charge >= 0.3 is 11.9 Å². The third-order valence-corrected chi connectivity index (χ3v) is 8.38. The summed E-state index contributed by atoms with van der Waals surface area (Å²) < 4.78 is 12.5. The molecule has 8 nitrogen and oxygen atoms in total. The van der Waals surface area contributed by atoms with E-state index in [1.54, 1.807) is 18.5 Å². The Kier molecular flexibility index (Phi) is 8.88. The molecule has 2 aromatic rings. The largest absolute Gasteiger partial charge is 0.467 e. The number of carbonyl (C=O) groups is 3. The lowest BCUT2D eigenvalue weighted by Crippen LogP contribution is -2.51. The number of nitrogens with zero attached hydrogens (tertiary/aromatic N) is 2. The molecule has 1 fully saturated rings. The first-order valence-corrected chi connectivity index (χ1v) is 13.4. The summed E-state index contributed by atoms with van der Waals surface area (Å²) >= 11 is 12.1. The molecule has 3 rings (SSSR count). The van der Waals surface area contributed by atoms with Crippen LogP contribution in [-0.2, 0) is 36.8 Å². The molecule has 0 aliphatic heterocycles. The molecule has 1 aromatic heterocycles. The van der Waals surface area contributed by atoms with Crippen LogP contribution in [-0.4, -0.2) is 46.1 Å². The van der Waals surface area contributed by atoms with Gasteiger partial charge in [0.15, 0.2) is 0 Å². The number of hydrogen-bond donors (Lipinski definition) is 1. The fourth-order valence-electron chi connectivity index (χ4n) is 4.98. The topological polar surface area (TPSA) is 99.5 Å². The summed E-state index contributed by atoms with van der Waals surface area (Å²) in [6, 6.07) is 4.47. The van der Waals surface area contributed by atoms with Crippen molar-refractivity contribution in [1.29, 1.82) is 0 Å². The zero-order valence-corrected chi connectivity index (χ0v) is 24.6. The number of esters is 2. The molecule has 2 unspecified atom stereocenters. The molecule has 1 heterocycles. The van der Waals surface area contributed by atoms with E-state index in [2.05, 4.69) is 10.3 Å². The summed E-state index contributed by atoms with van der Waals surface area (Å²) in [5.74, 6) is -1.67. The predicted octanol–water partition coefficient (Wildman–Crippen LogP) is 5.22. The Hall–Kier alpha value is -2.58. The van der Waals surface area contributed by atoms with E-state index >= 15 is 0 Å². The highest BCUT2D eigenvalue weighted by molar-refractivity contribution is 6.42. The average Bonchev–Trinajstić information content (AvgIpc) is 3.35. The summed E-state index contributed by atoms with van der Waals surface area (Å²) in [7, 11) is 1.28. The van der Waals surface area contributed by atoms with Gasteiger partial charge in [-0.05, 0) is 63.6 Å². The van der Waals surface area contributed by atoms with Gasteiger partial charge in [-0.3, -0.25) is 9.59 Å². The number of nitrogens with one attached hydrogen (secondary N) is 1. The molecular formula is C28H37Cl2N3O5. The molecule has 208 valence electrons. The standard InChI is InChI=1S/C28H37Cl2N3O5/c1-26(2,3)38-25(36)28(6)11-10-19(27(28,4)5)23(34)32-22(24(35)37-7)13-18-15-33(16-31-18)14-17-8-9-20(29)21(30)12-17/h8-9,12,15-16,19,22H,10-11,13-14H2,1-7H3,(H,32,34)/t19?,22-,28?/m0/s1. The van der Waals surface area contributed by atoms with E-state index in [0.29, 0.717) is 35.1 Å². The van der Waals surface area contributed by atoms with E-state index in [4.69, 9.17) is 32.7 Å². The zero-order valence-electron chi connectivity index (χ0n) is 23.1. The SMILES string of the molecule is COC(=O)[C@H](Cc1cn(Cc2ccc(Cl)c(Cl)c2)cn1)NC(=O)C1CCC(C)(C(=O)OC(C)(C)C)C1(C)C. The number of hydrogen-bond acceptors (Lipinski definition) is 6. The highest BCUT2D eigenvalue weighted by Gasteiger charge is 2.59. The molecule has 38 heavy (non-hydrogen) atoms. The lowest BCUT2D eigenvalue weighted by molar-refractivity contribution is -0.173. The minimum absolute atomic E-state index is 0.156. The van der Waals surface area contributed by atoms with E-state index in [0.717, 1.165) is 5.56 Å². The van der Waals surface area contributed by atoms with Crippen LogP contribution in [0.4, 0.5) is 0 Å². The minimum Gasteiger partial charge on any atom is -0.467 e. The summed E-state index contributed by atoms with van der Waals surface area (Å²) in [5, 5.41) is 3.81. The van der Waals surface area contributed by atoms with Crippen molar-refractivity contribution in [2.24, 2.45) is 16.7 Å². The molecule has 1 aliphatic rings. The highest BCUT2D eigenvalue weighted by Crippen LogP contribution is 2.57. The van der Waals surface area contributed by atoms with Crippen molar-refractivity contribution in [2.75, 3.05) is 7.11 Å². The van der Waals surface area contributed by atoms with Gasteiger partial charge in [-0.25, -0.2) is 9.78 Å². The number of ether oxygens (including phenoxy) is 2. The maximum absolute atomic E-state index is 13.5. The number of benzene rings is 1. The Balaban J connectivity index is 1.72. The van der Waals surface area contributed by atoms with Gasteiger partial charge in [0.25, 0.3) is 0 Å². The number of carbonyl (C=O) groups excluding carboxylic acids is 3. The van der Waals surface area contributed by atoms with Crippen LogP contribution in [0.1, 0.15) is 65.6 Å². The Bertz CT molecular complexity index is 1200. The monoisotopic (exact) mass is 565 g/mol. The molecule has 3 atom stereocenters. The van der Waals surface area contributed by atoms with Gasteiger partial charge < -0.3 is 19.4 Å². The van der Waals surface area contributed by atoms with Gasteiger partial charge in [-0.2, -0.15) is 0 Å². The first-order chi connectivity index (χ1) is 17.6. The molecular weight excluding hydrogens is 529 g/mol. The Morgan fingerprint density at radius 1 is 1.18 bits per heavy atom. The quantitative estimate of drug-likeness (QED) is 0.440. The average molecular weight is 567 g/mol. The maximum atomic E-state index is 13.5. The molecule has 1 aromatic carbocycles. The van der Waals surface area contributed by atoms with Crippen LogP contribution < -0.4 is 5.32 Å². The zero-order chi connectivity index (χ0) is 28.5.